The highest BCUT2D eigenvalue weighted by molar-refractivity contribution is 7.92. The van der Waals surface area contributed by atoms with E-state index in [1.54, 1.807) is 24.1 Å². The van der Waals surface area contributed by atoms with Gasteiger partial charge in [0.05, 0.1) is 36.1 Å². The molecule has 2 aliphatic rings. The van der Waals surface area contributed by atoms with Crippen molar-refractivity contribution in [1.82, 2.24) is 4.90 Å². The minimum atomic E-state index is -3.92. The van der Waals surface area contributed by atoms with Crippen LogP contribution in [0.5, 0.6) is 11.5 Å². The Morgan fingerprint density at radius 3 is 2.76 bits per heavy atom. The maximum atomic E-state index is 13.3. The van der Waals surface area contributed by atoms with Crippen LogP contribution >= 0.6 is 0 Å². The van der Waals surface area contributed by atoms with Gasteiger partial charge in [-0.1, -0.05) is 6.07 Å². The molecule has 3 atom stereocenters. The highest BCUT2D eigenvalue weighted by atomic mass is 32.2. The van der Waals surface area contributed by atoms with Crippen molar-refractivity contribution in [3.63, 3.8) is 0 Å². The molecule has 4 rings (SSSR count). The fraction of sp³-hybridized carbons (Fsp3) is 0.391. The van der Waals surface area contributed by atoms with Gasteiger partial charge in [0.2, 0.25) is 0 Å². The predicted molar refractivity (Wildman–Crippen MR) is 122 cm³/mol. The second kappa shape index (κ2) is 9.51. The van der Waals surface area contributed by atoms with Crippen LogP contribution in [-0.4, -0.2) is 69.3 Å². The Hall–Kier alpha value is -3.31. The number of amides is 1. The van der Waals surface area contributed by atoms with Crippen LogP contribution in [-0.2, 0) is 19.6 Å². The van der Waals surface area contributed by atoms with E-state index < -0.39 is 28.2 Å². The van der Waals surface area contributed by atoms with Crippen LogP contribution in [0.2, 0.25) is 0 Å². The fourth-order valence-corrected chi connectivity index (χ4v) is 5.35. The number of sulfonamides is 1. The van der Waals surface area contributed by atoms with Crippen LogP contribution in [0.4, 0.5) is 5.69 Å². The standard InChI is InChI=1S/C23H26N2O8S/c1-25-19-8-7-16(12-22(26)27)33-21(19)13-32-20-9-6-14(10-18(20)23(25)28)24-34(29,30)17-5-3-4-15(11-17)31-2/h3-6,9-11,16,19,21,24H,7-8,12-13H2,1-2H3,(H,26,27)/t16-,19+,21-/m0/s1. The fourth-order valence-electron chi connectivity index (χ4n) is 4.27. The van der Waals surface area contributed by atoms with Gasteiger partial charge in [-0.25, -0.2) is 8.42 Å². The Bertz CT molecular complexity index is 1200. The maximum Gasteiger partial charge on any atom is 0.305 e. The summed E-state index contributed by atoms with van der Waals surface area (Å²) in [6.07, 6.45) is 0.0859. The third-order valence-electron chi connectivity index (χ3n) is 6.02. The molecule has 0 aliphatic carbocycles. The van der Waals surface area contributed by atoms with E-state index in [9.17, 15) is 18.0 Å². The second-order valence-corrected chi connectivity index (χ2v) is 9.94. The minimum Gasteiger partial charge on any atom is -0.497 e. The molecule has 34 heavy (non-hydrogen) atoms. The molecule has 1 amide bonds. The molecule has 2 aromatic carbocycles. The molecular formula is C23H26N2O8S. The van der Waals surface area contributed by atoms with E-state index in [0.717, 1.165) is 0 Å². The number of benzene rings is 2. The van der Waals surface area contributed by atoms with Crippen LogP contribution in [0, 0.1) is 0 Å². The average molecular weight is 491 g/mol. The zero-order valence-corrected chi connectivity index (χ0v) is 19.6. The number of fused-ring (bicyclic) bond motifs is 2. The monoisotopic (exact) mass is 490 g/mol. The number of anilines is 1. The lowest BCUT2D eigenvalue weighted by atomic mass is 9.95. The van der Waals surface area contributed by atoms with E-state index in [-0.39, 0.29) is 41.1 Å². The van der Waals surface area contributed by atoms with Gasteiger partial charge in [-0.2, -0.15) is 0 Å². The number of hydrogen-bond donors (Lipinski definition) is 2. The third-order valence-corrected chi connectivity index (χ3v) is 7.40. The van der Waals surface area contributed by atoms with Gasteiger partial charge in [0.15, 0.2) is 0 Å². The highest BCUT2D eigenvalue weighted by Gasteiger charge is 2.39. The van der Waals surface area contributed by atoms with Crippen molar-refractivity contribution in [2.45, 2.75) is 42.4 Å². The number of carbonyl (C=O) groups is 2. The Morgan fingerprint density at radius 1 is 1.24 bits per heavy atom. The van der Waals surface area contributed by atoms with Gasteiger partial charge < -0.3 is 24.2 Å². The summed E-state index contributed by atoms with van der Waals surface area (Å²) in [4.78, 5) is 25.9. The van der Waals surface area contributed by atoms with Gasteiger partial charge in [-0.3, -0.25) is 14.3 Å². The Balaban J connectivity index is 1.57. The van der Waals surface area contributed by atoms with E-state index in [4.69, 9.17) is 19.3 Å². The first kappa shape index (κ1) is 23.8. The van der Waals surface area contributed by atoms with Crippen molar-refractivity contribution < 1.29 is 37.3 Å². The Kier molecular flexibility index (Phi) is 6.67. The number of carboxylic acids is 1. The first-order valence-corrected chi connectivity index (χ1v) is 12.2. The van der Waals surface area contributed by atoms with Crippen LogP contribution < -0.4 is 14.2 Å². The van der Waals surface area contributed by atoms with Crippen LogP contribution in [0.1, 0.15) is 29.6 Å². The van der Waals surface area contributed by atoms with Crippen molar-refractivity contribution in [3.8, 4) is 11.5 Å². The molecule has 0 aromatic heterocycles. The molecule has 1 fully saturated rings. The zero-order valence-electron chi connectivity index (χ0n) is 18.8. The molecule has 0 bridgehead atoms. The van der Waals surface area contributed by atoms with Gasteiger partial charge >= 0.3 is 5.97 Å². The smallest absolute Gasteiger partial charge is 0.305 e. The number of likely N-dealkylation sites (N-methyl/N-ethyl adjacent to an activating group) is 1. The van der Waals surface area contributed by atoms with Crippen LogP contribution in [0.3, 0.4) is 0 Å². The van der Waals surface area contributed by atoms with Crippen LogP contribution in [0.25, 0.3) is 0 Å². The summed E-state index contributed by atoms with van der Waals surface area (Å²) < 4.78 is 45.1. The van der Waals surface area contributed by atoms with Gasteiger partial charge in [-0.05, 0) is 43.2 Å². The van der Waals surface area contributed by atoms with E-state index >= 15 is 0 Å². The van der Waals surface area contributed by atoms with E-state index in [2.05, 4.69) is 4.72 Å². The highest BCUT2D eigenvalue weighted by Crippen LogP contribution is 2.33. The number of carbonyl (C=O) groups excluding carboxylic acids is 1. The van der Waals surface area contributed by atoms with Crippen molar-refractivity contribution in [2.75, 3.05) is 25.5 Å². The minimum absolute atomic E-state index is 0.0244. The van der Waals surface area contributed by atoms with Gasteiger partial charge in [-0.15, -0.1) is 0 Å². The first-order valence-electron chi connectivity index (χ1n) is 10.8. The van der Waals surface area contributed by atoms with Gasteiger partial charge in [0.1, 0.15) is 24.2 Å². The molecule has 11 heteroatoms. The molecule has 2 N–H and O–H groups in total. The van der Waals surface area contributed by atoms with E-state index in [1.165, 1.54) is 37.4 Å². The van der Waals surface area contributed by atoms with Crippen molar-refractivity contribution in [2.24, 2.45) is 0 Å². The van der Waals surface area contributed by atoms with Crippen molar-refractivity contribution in [1.29, 1.82) is 0 Å². The van der Waals surface area contributed by atoms with Gasteiger partial charge in [0, 0.05) is 18.8 Å². The summed E-state index contributed by atoms with van der Waals surface area (Å²) in [7, 11) is -0.814. The number of rotatable bonds is 6. The number of carboxylic acid groups (broad SMARTS) is 1. The molecule has 2 heterocycles. The lowest BCUT2D eigenvalue weighted by molar-refractivity contribution is -0.148. The molecule has 2 aromatic rings. The summed E-state index contributed by atoms with van der Waals surface area (Å²) >= 11 is 0. The summed E-state index contributed by atoms with van der Waals surface area (Å²) in [5, 5.41) is 9.06. The number of aliphatic carboxylic acids is 1. The summed E-state index contributed by atoms with van der Waals surface area (Å²) in [5.41, 5.74) is 0.435. The van der Waals surface area contributed by atoms with Crippen molar-refractivity contribution in [3.05, 3.63) is 48.0 Å². The largest absolute Gasteiger partial charge is 0.497 e. The maximum absolute atomic E-state index is 13.3. The molecule has 2 aliphatic heterocycles. The molecule has 10 nitrogen and oxygen atoms in total. The first-order chi connectivity index (χ1) is 16.2. The second-order valence-electron chi connectivity index (χ2n) is 8.26. The number of ether oxygens (including phenoxy) is 3. The molecular weight excluding hydrogens is 464 g/mol. The van der Waals surface area contributed by atoms with Gasteiger partial charge in [0.25, 0.3) is 15.9 Å². The SMILES string of the molecule is COc1cccc(S(=O)(=O)Nc2ccc3c(c2)C(=O)N(C)[C@@H]2CC[C@@H](CC(=O)O)O[C@H]2CO3)c1. The van der Waals surface area contributed by atoms with E-state index in [0.29, 0.717) is 24.3 Å². The number of nitrogens with one attached hydrogen (secondary N) is 1. The topological polar surface area (TPSA) is 131 Å². The molecule has 0 radical (unpaired) electrons. The van der Waals surface area contributed by atoms with E-state index in [1.807, 2.05) is 0 Å². The molecule has 0 spiro atoms. The zero-order chi connectivity index (χ0) is 24.5. The predicted octanol–water partition coefficient (Wildman–Crippen LogP) is 2.35. The summed E-state index contributed by atoms with van der Waals surface area (Å²) in [6.45, 7) is 0.139. The summed E-state index contributed by atoms with van der Waals surface area (Å²) in [6, 6.07) is 10.3. The number of methoxy groups -OCH3 is 1. The lowest BCUT2D eigenvalue weighted by Crippen LogP contribution is -2.53. The van der Waals surface area contributed by atoms with Crippen molar-refractivity contribution >= 4 is 27.6 Å². The summed E-state index contributed by atoms with van der Waals surface area (Å²) in [5.74, 6) is -0.578. The molecule has 1 saturated heterocycles. The molecule has 0 unspecified atom stereocenters. The lowest BCUT2D eigenvalue weighted by Gasteiger charge is -2.42. The number of nitrogens with zero attached hydrogens (tertiary/aromatic N) is 1. The quantitative estimate of drug-likeness (QED) is 0.631. The number of hydrogen-bond acceptors (Lipinski definition) is 7. The average Bonchev–Trinajstić information content (AvgIpc) is 2.81. The molecule has 182 valence electrons. The molecule has 0 saturated carbocycles. The Labute approximate surface area is 197 Å². The van der Waals surface area contributed by atoms with Crippen LogP contribution in [0.15, 0.2) is 47.4 Å². The Morgan fingerprint density at radius 2 is 2.03 bits per heavy atom. The normalized spacial score (nSPS) is 22.5. The third kappa shape index (κ3) is 4.95.